The van der Waals surface area contributed by atoms with Gasteiger partial charge in [-0.05, 0) is 57.1 Å². The molecule has 98 valence electrons. The molecule has 1 aromatic rings. The molecule has 0 saturated carbocycles. The number of benzene rings is 1. The van der Waals surface area contributed by atoms with Gasteiger partial charge in [-0.25, -0.2) is 0 Å². The third-order valence-corrected chi connectivity index (χ3v) is 4.46. The minimum Gasteiger partial charge on any atom is -0.336 e. The van der Waals surface area contributed by atoms with E-state index in [4.69, 9.17) is 0 Å². The van der Waals surface area contributed by atoms with Gasteiger partial charge in [0, 0.05) is 23.0 Å². The van der Waals surface area contributed by atoms with Crippen LogP contribution in [0.4, 0.5) is 0 Å². The Bertz CT molecular complexity index is 444. The van der Waals surface area contributed by atoms with E-state index in [1.165, 1.54) is 6.42 Å². The summed E-state index contributed by atoms with van der Waals surface area (Å²) in [5.74, 6) is 0.204. The van der Waals surface area contributed by atoms with Crippen LogP contribution in [0, 0.1) is 6.92 Å². The van der Waals surface area contributed by atoms with Gasteiger partial charge < -0.3 is 4.90 Å². The van der Waals surface area contributed by atoms with Gasteiger partial charge >= 0.3 is 0 Å². The van der Waals surface area contributed by atoms with Gasteiger partial charge in [0.1, 0.15) is 0 Å². The van der Waals surface area contributed by atoms with E-state index in [2.05, 4.69) is 13.0 Å². The fraction of sp³-hybridized carbons (Fsp3) is 0.533. The summed E-state index contributed by atoms with van der Waals surface area (Å²) in [6.07, 6.45) is 5.56. The first-order valence-electron chi connectivity index (χ1n) is 6.59. The van der Waals surface area contributed by atoms with Crippen molar-refractivity contribution in [1.29, 1.82) is 0 Å². The number of thioether (sulfide) groups is 1. The number of likely N-dealkylation sites (tertiary alicyclic amines) is 1. The summed E-state index contributed by atoms with van der Waals surface area (Å²) in [7, 11) is 0. The molecule has 1 aromatic carbocycles. The maximum atomic E-state index is 12.6. The first-order chi connectivity index (χ1) is 8.63. The predicted octanol–water partition coefficient (Wildman–Crippen LogP) is 3.73. The summed E-state index contributed by atoms with van der Waals surface area (Å²) < 4.78 is 0. The molecular weight excluding hydrogens is 242 g/mol. The summed E-state index contributed by atoms with van der Waals surface area (Å²) in [5.41, 5.74) is 1.95. The van der Waals surface area contributed by atoms with Gasteiger partial charge in [0.25, 0.3) is 5.91 Å². The zero-order valence-electron chi connectivity index (χ0n) is 11.4. The first-order valence-corrected chi connectivity index (χ1v) is 7.81. The quantitative estimate of drug-likeness (QED) is 0.758. The number of piperidine rings is 1. The first kappa shape index (κ1) is 13.5. The highest BCUT2D eigenvalue weighted by atomic mass is 32.2. The SMILES string of the molecule is CSc1ccc(C)c(C(=O)N2CCCCC2C)c1. The average Bonchev–Trinajstić information content (AvgIpc) is 2.39. The van der Waals surface area contributed by atoms with Gasteiger partial charge in [-0.1, -0.05) is 6.07 Å². The van der Waals surface area contributed by atoms with Gasteiger partial charge in [0.2, 0.25) is 0 Å². The molecule has 0 aliphatic carbocycles. The lowest BCUT2D eigenvalue weighted by Gasteiger charge is -2.33. The van der Waals surface area contributed by atoms with Gasteiger partial charge in [-0.3, -0.25) is 4.79 Å². The molecule has 2 nitrogen and oxygen atoms in total. The van der Waals surface area contributed by atoms with Crippen LogP contribution in [0.3, 0.4) is 0 Å². The number of hydrogen-bond acceptors (Lipinski definition) is 2. The van der Waals surface area contributed by atoms with Crippen molar-refractivity contribution in [2.24, 2.45) is 0 Å². The average molecular weight is 263 g/mol. The van der Waals surface area contributed by atoms with Crippen LogP contribution < -0.4 is 0 Å². The van der Waals surface area contributed by atoms with E-state index < -0.39 is 0 Å². The molecule has 0 bridgehead atoms. The van der Waals surface area contributed by atoms with E-state index in [9.17, 15) is 4.79 Å². The molecule has 0 N–H and O–H groups in total. The van der Waals surface area contributed by atoms with E-state index in [0.29, 0.717) is 6.04 Å². The lowest BCUT2D eigenvalue weighted by molar-refractivity contribution is 0.0634. The van der Waals surface area contributed by atoms with E-state index >= 15 is 0 Å². The summed E-state index contributed by atoms with van der Waals surface area (Å²) >= 11 is 1.69. The molecule has 1 atom stereocenters. The second-order valence-electron chi connectivity index (χ2n) is 5.02. The molecule has 1 aliphatic rings. The van der Waals surface area contributed by atoms with Crippen LogP contribution >= 0.6 is 11.8 Å². The lowest BCUT2D eigenvalue weighted by Crippen LogP contribution is -2.42. The highest BCUT2D eigenvalue weighted by Gasteiger charge is 2.25. The molecule has 0 aromatic heterocycles. The predicted molar refractivity (Wildman–Crippen MR) is 77.3 cm³/mol. The smallest absolute Gasteiger partial charge is 0.254 e. The largest absolute Gasteiger partial charge is 0.336 e. The summed E-state index contributed by atoms with van der Waals surface area (Å²) in [6, 6.07) is 6.54. The molecule has 0 spiro atoms. The van der Waals surface area contributed by atoms with Crippen molar-refractivity contribution in [1.82, 2.24) is 4.90 Å². The van der Waals surface area contributed by atoms with Crippen LogP contribution in [0.15, 0.2) is 23.1 Å². The molecule has 2 rings (SSSR count). The second-order valence-corrected chi connectivity index (χ2v) is 5.90. The minimum atomic E-state index is 0.204. The number of nitrogens with zero attached hydrogens (tertiary/aromatic N) is 1. The maximum absolute atomic E-state index is 12.6. The molecule has 1 fully saturated rings. The molecule has 1 amide bonds. The maximum Gasteiger partial charge on any atom is 0.254 e. The molecule has 1 heterocycles. The Hall–Kier alpha value is -0.960. The Kier molecular flexibility index (Phi) is 4.33. The summed E-state index contributed by atoms with van der Waals surface area (Å²) in [5, 5.41) is 0. The van der Waals surface area contributed by atoms with Crippen LogP contribution in [-0.2, 0) is 0 Å². The number of amides is 1. The third kappa shape index (κ3) is 2.72. The standard InChI is InChI=1S/C15H21NOS/c1-11-7-8-13(18-3)10-14(11)15(17)16-9-5-4-6-12(16)2/h7-8,10,12H,4-6,9H2,1-3H3. The zero-order chi connectivity index (χ0) is 13.1. The van der Waals surface area contributed by atoms with Crippen molar-refractivity contribution in [2.75, 3.05) is 12.8 Å². The molecule has 1 unspecified atom stereocenters. The lowest BCUT2D eigenvalue weighted by atomic mass is 10.0. The van der Waals surface area contributed by atoms with Gasteiger partial charge in [-0.15, -0.1) is 11.8 Å². The summed E-state index contributed by atoms with van der Waals surface area (Å²) in [4.78, 5) is 15.8. The van der Waals surface area contributed by atoms with Gasteiger partial charge in [-0.2, -0.15) is 0 Å². The number of carbonyl (C=O) groups excluding carboxylic acids is 1. The number of aryl methyl sites for hydroxylation is 1. The van der Waals surface area contributed by atoms with Gasteiger partial charge in [0.05, 0.1) is 0 Å². The van der Waals surface area contributed by atoms with Crippen LogP contribution in [0.1, 0.15) is 42.1 Å². The van der Waals surface area contributed by atoms with Crippen molar-refractivity contribution in [2.45, 2.75) is 44.0 Å². The Morgan fingerprint density at radius 3 is 2.83 bits per heavy atom. The Morgan fingerprint density at radius 2 is 2.17 bits per heavy atom. The Morgan fingerprint density at radius 1 is 1.39 bits per heavy atom. The van der Waals surface area contributed by atoms with Crippen molar-refractivity contribution in [3.8, 4) is 0 Å². The van der Waals surface area contributed by atoms with E-state index in [1.54, 1.807) is 11.8 Å². The van der Waals surface area contributed by atoms with E-state index in [1.807, 2.05) is 30.2 Å². The molecule has 0 radical (unpaired) electrons. The molecule has 18 heavy (non-hydrogen) atoms. The topological polar surface area (TPSA) is 20.3 Å². The van der Waals surface area contributed by atoms with Crippen LogP contribution in [0.5, 0.6) is 0 Å². The zero-order valence-corrected chi connectivity index (χ0v) is 12.2. The van der Waals surface area contributed by atoms with Crippen LogP contribution in [0.2, 0.25) is 0 Å². The number of carbonyl (C=O) groups is 1. The molecular formula is C15H21NOS. The van der Waals surface area contributed by atoms with Crippen molar-refractivity contribution in [3.63, 3.8) is 0 Å². The molecule has 3 heteroatoms. The highest BCUT2D eigenvalue weighted by molar-refractivity contribution is 7.98. The summed E-state index contributed by atoms with van der Waals surface area (Å²) in [6.45, 7) is 5.08. The number of rotatable bonds is 2. The minimum absolute atomic E-state index is 0.204. The highest BCUT2D eigenvalue weighted by Crippen LogP contribution is 2.24. The fourth-order valence-electron chi connectivity index (χ4n) is 2.51. The Balaban J connectivity index is 2.27. The van der Waals surface area contributed by atoms with Gasteiger partial charge in [0.15, 0.2) is 0 Å². The number of hydrogen-bond donors (Lipinski definition) is 0. The second kappa shape index (κ2) is 5.79. The molecule has 1 aliphatic heterocycles. The van der Waals surface area contributed by atoms with E-state index in [-0.39, 0.29) is 5.91 Å². The molecule has 1 saturated heterocycles. The monoisotopic (exact) mass is 263 g/mol. The van der Waals surface area contributed by atoms with Crippen molar-refractivity contribution >= 4 is 17.7 Å². The third-order valence-electron chi connectivity index (χ3n) is 3.74. The van der Waals surface area contributed by atoms with E-state index in [0.717, 1.165) is 35.4 Å². The Labute approximate surface area is 114 Å². The fourth-order valence-corrected chi connectivity index (χ4v) is 2.95. The van der Waals surface area contributed by atoms with Crippen molar-refractivity contribution in [3.05, 3.63) is 29.3 Å². The normalized spacial score (nSPS) is 19.9. The van der Waals surface area contributed by atoms with Crippen LogP contribution in [0.25, 0.3) is 0 Å². The van der Waals surface area contributed by atoms with Crippen molar-refractivity contribution < 1.29 is 4.79 Å². The van der Waals surface area contributed by atoms with Crippen LogP contribution in [-0.4, -0.2) is 29.6 Å².